The highest BCUT2D eigenvalue weighted by Crippen LogP contribution is 2.28. The molecule has 0 radical (unpaired) electrons. The molecular weight excluding hydrogens is 237 g/mol. The Morgan fingerprint density at radius 2 is 2.44 bits per heavy atom. The molecule has 2 atom stereocenters. The zero-order valence-corrected chi connectivity index (χ0v) is 10.4. The topological polar surface area (TPSA) is 47.6 Å². The average molecular weight is 253 g/mol. The lowest BCUT2D eigenvalue weighted by atomic mass is 10.1. The zero-order chi connectivity index (χ0) is 13.1. The van der Waals surface area contributed by atoms with Crippen molar-refractivity contribution in [1.29, 1.82) is 0 Å². The maximum Gasteiger partial charge on any atom is 0.322 e. The third-order valence-corrected chi connectivity index (χ3v) is 2.97. The Bertz CT molecular complexity index is 450. The molecule has 0 aliphatic carbocycles. The largest absolute Gasteiger partial charge is 0.488 e. The van der Waals surface area contributed by atoms with Crippen molar-refractivity contribution in [1.82, 2.24) is 5.32 Å². The van der Waals surface area contributed by atoms with Crippen molar-refractivity contribution >= 4 is 5.97 Å². The van der Waals surface area contributed by atoms with Crippen LogP contribution < -0.4 is 10.1 Å². The Kier molecular flexibility index (Phi) is 3.81. The van der Waals surface area contributed by atoms with Gasteiger partial charge in [0.2, 0.25) is 0 Å². The smallest absolute Gasteiger partial charge is 0.322 e. The zero-order valence-electron chi connectivity index (χ0n) is 10.4. The third-order valence-electron chi connectivity index (χ3n) is 2.97. The lowest BCUT2D eigenvalue weighted by Crippen LogP contribution is -2.40. The first-order chi connectivity index (χ1) is 8.60. The summed E-state index contributed by atoms with van der Waals surface area (Å²) in [6.45, 7) is 2.25. The molecular formula is C13H16FNO3. The Balaban J connectivity index is 1.86. The molecule has 1 aliphatic heterocycles. The summed E-state index contributed by atoms with van der Waals surface area (Å²) >= 11 is 0. The van der Waals surface area contributed by atoms with Gasteiger partial charge in [0.1, 0.15) is 23.7 Å². The van der Waals surface area contributed by atoms with E-state index in [4.69, 9.17) is 4.74 Å². The average Bonchev–Trinajstić information content (AvgIpc) is 2.76. The molecule has 1 N–H and O–H groups in total. The van der Waals surface area contributed by atoms with Crippen molar-refractivity contribution in [3.63, 3.8) is 0 Å². The minimum absolute atomic E-state index is 0.0751. The van der Waals surface area contributed by atoms with E-state index < -0.39 is 0 Å². The molecule has 1 aliphatic rings. The number of hydrogen-bond acceptors (Lipinski definition) is 4. The van der Waals surface area contributed by atoms with Gasteiger partial charge in [-0.1, -0.05) is 0 Å². The van der Waals surface area contributed by atoms with Crippen molar-refractivity contribution in [3.8, 4) is 5.75 Å². The van der Waals surface area contributed by atoms with Gasteiger partial charge in [0, 0.05) is 18.5 Å². The molecule has 0 saturated carbocycles. The Labute approximate surface area is 105 Å². The second kappa shape index (κ2) is 5.35. The summed E-state index contributed by atoms with van der Waals surface area (Å²) < 4.78 is 23.3. The van der Waals surface area contributed by atoms with E-state index in [0.717, 1.165) is 5.56 Å². The van der Waals surface area contributed by atoms with Gasteiger partial charge < -0.3 is 14.8 Å². The maximum absolute atomic E-state index is 13.0. The summed E-state index contributed by atoms with van der Waals surface area (Å²) in [6, 6.07) is 4.12. The lowest BCUT2D eigenvalue weighted by Gasteiger charge is -2.15. The fraction of sp³-hybridized carbons (Fsp3) is 0.462. The molecule has 98 valence electrons. The number of hydrogen-bond donors (Lipinski definition) is 1. The molecule has 2 unspecified atom stereocenters. The molecule has 0 aromatic heterocycles. The lowest BCUT2D eigenvalue weighted by molar-refractivity contribution is -0.142. The summed E-state index contributed by atoms with van der Waals surface area (Å²) in [6.07, 6.45) is 0.572. The monoisotopic (exact) mass is 253 g/mol. The number of carbonyl (C=O) groups excluding carboxylic acids is 1. The molecule has 18 heavy (non-hydrogen) atoms. The molecule has 1 heterocycles. The number of benzene rings is 1. The number of methoxy groups -OCH3 is 1. The first-order valence-corrected chi connectivity index (χ1v) is 5.86. The first kappa shape index (κ1) is 12.8. The van der Waals surface area contributed by atoms with E-state index in [1.807, 2.05) is 0 Å². The van der Waals surface area contributed by atoms with Crippen LogP contribution in [-0.4, -0.2) is 31.8 Å². The standard InChI is InChI=1S/C13H16FNO3/c1-8(13(16)17-2)15-7-11-6-9-5-10(14)3-4-12(9)18-11/h3-5,8,11,15H,6-7H2,1-2H3. The van der Waals surface area contributed by atoms with Crippen LogP contribution in [0.15, 0.2) is 18.2 Å². The minimum Gasteiger partial charge on any atom is -0.488 e. The molecule has 0 amide bonds. The first-order valence-electron chi connectivity index (χ1n) is 5.86. The van der Waals surface area contributed by atoms with Crippen LogP contribution in [0.4, 0.5) is 4.39 Å². The van der Waals surface area contributed by atoms with E-state index in [9.17, 15) is 9.18 Å². The number of fused-ring (bicyclic) bond motifs is 1. The highest BCUT2D eigenvalue weighted by molar-refractivity contribution is 5.75. The van der Waals surface area contributed by atoms with Crippen molar-refractivity contribution < 1.29 is 18.7 Å². The van der Waals surface area contributed by atoms with E-state index in [0.29, 0.717) is 18.7 Å². The van der Waals surface area contributed by atoms with Gasteiger partial charge in [-0.25, -0.2) is 4.39 Å². The second-order valence-electron chi connectivity index (χ2n) is 4.35. The van der Waals surface area contributed by atoms with Crippen LogP contribution in [0.5, 0.6) is 5.75 Å². The number of halogens is 1. The summed E-state index contributed by atoms with van der Waals surface area (Å²) in [4.78, 5) is 11.2. The van der Waals surface area contributed by atoms with Gasteiger partial charge in [-0.3, -0.25) is 4.79 Å². The van der Waals surface area contributed by atoms with Gasteiger partial charge in [0.05, 0.1) is 7.11 Å². The SMILES string of the molecule is COC(=O)C(C)NCC1Cc2cc(F)ccc2O1. The normalized spacial score (nSPS) is 18.9. The van der Waals surface area contributed by atoms with Crippen LogP contribution in [0.1, 0.15) is 12.5 Å². The molecule has 5 heteroatoms. The predicted molar refractivity (Wildman–Crippen MR) is 64.0 cm³/mol. The highest BCUT2D eigenvalue weighted by atomic mass is 19.1. The molecule has 1 aromatic carbocycles. The van der Waals surface area contributed by atoms with Crippen molar-refractivity contribution in [2.45, 2.75) is 25.5 Å². The molecule has 4 nitrogen and oxygen atoms in total. The highest BCUT2D eigenvalue weighted by Gasteiger charge is 2.24. The molecule has 0 spiro atoms. The minimum atomic E-state index is -0.376. The Hall–Kier alpha value is -1.62. The van der Waals surface area contributed by atoms with Gasteiger partial charge in [-0.05, 0) is 25.1 Å². The van der Waals surface area contributed by atoms with Gasteiger partial charge in [-0.2, -0.15) is 0 Å². The van der Waals surface area contributed by atoms with Gasteiger partial charge >= 0.3 is 5.97 Å². The predicted octanol–water partition coefficient (Wildman–Crippen LogP) is 1.28. The second-order valence-corrected chi connectivity index (χ2v) is 4.35. The molecule has 2 rings (SSSR count). The number of rotatable bonds is 4. The molecule has 0 bridgehead atoms. The number of carbonyl (C=O) groups is 1. The van der Waals surface area contributed by atoms with Crippen molar-refractivity contribution in [2.75, 3.05) is 13.7 Å². The molecule has 1 aromatic rings. The quantitative estimate of drug-likeness (QED) is 0.821. The van der Waals surface area contributed by atoms with E-state index in [-0.39, 0.29) is 23.9 Å². The third kappa shape index (κ3) is 2.79. The summed E-state index contributed by atoms with van der Waals surface area (Å²) in [5.74, 6) is 0.152. The van der Waals surface area contributed by atoms with E-state index in [1.165, 1.54) is 19.2 Å². The fourth-order valence-electron chi connectivity index (χ4n) is 1.97. The summed E-state index contributed by atoms with van der Waals surface area (Å²) in [7, 11) is 1.35. The van der Waals surface area contributed by atoms with Crippen LogP contribution in [-0.2, 0) is 16.0 Å². The van der Waals surface area contributed by atoms with Gasteiger partial charge in [0.15, 0.2) is 0 Å². The van der Waals surface area contributed by atoms with E-state index >= 15 is 0 Å². The maximum atomic E-state index is 13.0. The van der Waals surface area contributed by atoms with Crippen LogP contribution >= 0.6 is 0 Å². The van der Waals surface area contributed by atoms with Gasteiger partial charge in [0.25, 0.3) is 0 Å². The van der Waals surface area contributed by atoms with Gasteiger partial charge in [-0.15, -0.1) is 0 Å². The molecule has 0 saturated heterocycles. The summed E-state index contributed by atoms with van der Waals surface area (Å²) in [5, 5.41) is 3.03. The van der Waals surface area contributed by atoms with Crippen molar-refractivity contribution in [2.24, 2.45) is 0 Å². The number of esters is 1. The Morgan fingerprint density at radius 1 is 1.67 bits per heavy atom. The number of ether oxygens (including phenoxy) is 2. The molecule has 0 fully saturated rings. The van der Waals surface area contributed by atoms with Crippen LogP contribution in [0.2, 0.25) is 0 Å². The summed E-state index contributed by atoms with van der Waals surface area (Å²) in [5.41, 5.74) is 0.868. The van der Waals surface area contributed by atoms with Crippen LogP contribution in [0, 0.1) is 5.82 Å². The van der Waals surface area contributed by atoms with E-state index in [2.05, 4.69) is 10.1 Å². The number of nitrogens with one attached hydrogen (secondary N) is 1. The Morgan fingerprint density at radius 3 is 3.17 bits per heavy atom. The van der Waals surface area contributed by atoms with Crippen LogP contribution in [0.3, 0.4) is 0 Å². The van der Waals surface area contributed by atoms with Crippen LogP contribution in [0.25, 0.3) is 0 Å². The van der Waals surface area contributed by atoms with E-state index in [1.54, 1.807) is 13.0 Å². The fourth-order valence-corrected chi connectivity index (χ4v) is 1.97. The van der Waals surface area contributed by atoms with Crippen molar-refractivity contribution in [3.05, 3.63) is 29.6 Å².